The molecule has 19 heavy (non-hydrogen) atoms. The maximum atomic E-state index is 11.7. The highest BCUT2D eigenvalue weighted by atomic mass is 16.5. The van der Waals surface area contributed by atoms with E-state index in [-0.39, 0.29) is 11.9 Å². The van der Waals surface area contributed by atoms with Gasteiger partial charge in [0.05, 0.1) is 25.2 Å². The molecule has 0 amide bonds. The van der Waals surface area contributed by atoms with Gasteiger partial charge in [-0.1, -0.05) is 0 Å². The van der Waals surface area contributed by atoms with Gasteiger partial charge in [-0.05, 0) is 45.8 Å². The molecule has 2 heterocycles. The number of esters is 1. The van der Waals surface area contributed by atoms with Gasteiger partial charge in [-0.25, -0.2) is 0 Å². The van der Waals surface area contributed by atoms with E-state index in [2.05, 4.69) is 10.2 Å². The third-order valence-corrected chi connectivity index (χ3v) is 3.94. The SMILES string of the molecule is CCOC(=O)C1CCN(CC2CCNCCO2)CC1. The summed E-state index contributed by atoms with van der Waals surface area (Å²) in [5.41, 5.74) is 0. The molecular weight excluding hydrogens is 244 g/mol. The van der Waals surface area contributed by atoms with Crippen LogP contribution in [0.2, 0.25) is 0 Å². The van der Waals surface area contributed by atoms with Crippen LogP contribution in [0.4, 0.5) is 0 Å². The van der Waals surface area contributed by atoms with E-state index in [1.165, 1.54) is 0 Å². The van der Waals surface area contributed by atoms with E-state index in [0.29, 0.717) is 12.7 Å². The van der Waals surface area contributed by atoms with Gasteiger partial charge in [0.15, 0.2) is 0 Å². The molecule has 1 atom stereocenters. The van der Waals surface area contributed by atoms with Gasteiger partial charge in [0.25, 0.3) is 0 Å². The lowest BCUT2D eigenvalue weighted by molar-refractivity contribution is -0.149. The van der Waals surface area contributed by atoms with Gasteiger partial charge in [0.1, 0.15) is 0 Å². The van der Waals surface area contributed by atoms with E-state index in [9.17, 15) is 4.79 Å². The summed E-state index contributed by atoms with van der Waals surface area (Å²) in [5, 5.41) is 3.35. The lowest BCUT2D eigenvalue weighted by Gasteiger charge is -2.32. The molecule has 0 aromatic carbocycles. The fraction of sp³-hybridized carbons (Fsp3) is 0.929. The molecule has 1 unspecified atom stereocenters. The molecule has 0 aromatic heterocycles. The van der Waals surface area contributed by atoms with Crippen LogP contribution in [0.25, 0.3) is 0 Å². The monoisotopic (exact) mass is 270 g/mol. The minimum absolute atomic E-state index is 0.0166. The standard InChI is InChI=1S/C14H26N2O3/c1-2-18-14(17)12-4-8-16(9-5-12)11-13-3-6-15-7-10-19-13/h12-13,15H,2-11H2,1H3. The average Bonchev–Trinajstić information content (AvgIpc) is 2.68. The first-order valence-electron chi connectivity index (χ1n) is 7.51. The van der Waals surface area contributed by atoms with E-state index >= 15 is 0 Å². The van der Waals surface area contributed by atoms with E-state index in [1.807, 2.05) is 6.92 Å². The highest BCUT2D eigenvalue weighted by Gasteiger charge is 2.27. The minimum Gasteiger partial charge on any atom is -0.466 e. The maximum Gasteiger partial charge on any atom is 0.309 e. The van der Waals surface area contributed by atoms with E-state index < -0.39 is 0 Å². The summed E-state index contributed by atoms with van der Waals surface area (Å²) in [6.07, 6.45) is 3.26. The molecule has 110 valence electrons. The molecule has 0 radical (unpaired) electrons. The Kier molecular flexibility index (Phi) is 6.07. The summed E-state index contributed by atoms with van der Waals surface area (Å²) < 4.78 is 10.9. The molecule has 5 nitrogen and oxygen atoms in total. The van der Waals surface area contributed by atoms with Gasteiger partial charge < -0.3 is 19.7 Å². The van der Waals surface area contributed by atoms with Crippen LogP contribution in [0.5, 0.6) is 0 Å². The Balaban J connectivity index is 1.69. The van der Waals surface area contributed by atoms with Gasteiger partial charge >= 0.3 is 5.97 Å². The van der Waals surface area contributed by atoms with Crippen molar-refractivity contribution < 1.29 is 14.3 Å². The van der Waals surface area contributed by atoms with Gasteiger partial charge in [0, 0.05) is 13.1 Å². The lowest BCUT2D eigenvalue weighted by Crippen LogP contribution is -2.41. The summed E-state index contributed by atoms with van der Waals surface area (Å²) >= 11 is 0. The molecule has 0 saturated carbocycles. The second kappa shape index (κ2) is 7.82. The van der Waals surface area contributed by atoms with Crippen LogP contribution < -0.4 is 5.32 Å². The molecule has 0 bridgehead atoms. The molecule has 0 spiro atoms. The van der Waals surface area contributed by atoms with Crippen molar-refractivity contribution in [1.82, 2.24) is 10.2 Å². The zero-order valence-electron chi connectivity index (χ0n) is 11.9. The topological polar surface area (TPSA) is 50.8 Å². The second-order valence-corrected chi connectivity index (χ2v) is 5.36. The Labute approximate surface area is 115 Å². The number of hydrogen-bond donors (Lipinski definition) is 1. The third-order valence-electron chi connectivity index (χ3n) is 3.94. The Morgan fingerprint density at radius 1 is 1.32 bits per heavy atom. The highest BCUT2D eigenvalue weighted by molar-refractivity contribution is 5.72. The molecule has 2 aliphatic heterocycles. The molecule has 5 heteroatoms. The van der Waals surface area contributed by atoms with Crippen molar-refractivity contribution in [2.24, 2.45) is 5.92 Å². The number of nitrogens with zero attached hydrogens (tertiary/aromatic N) is 1. The fourth-order valence-corrected chi connectivity index (χ4v) is 2.81. The predicted octanol–water partition coefficient (Wildman–Crippen LogP) is 0.640. The summed E-state index contributed by atoms with van der Waals surface area (Å²) in [6.45, 7) is 8.13. The first-order chi connectivity index (χ1) is 9.29. The van der Waals surface area contributed by atoms with Crippen molar-refractivity contribution in [2.45, 2.75) is 32.3 Å². The predicted molar refractivity (Wildman–Crippen MR) is 73.0 cm³/mol. The van der Waals surface area contributed by atoms with Crippen LogP contribution in [0.1, 0.15) is 26.2 Å². The number of rotatable bonds is 4. The summed E-state index contributed by atoms with van der Waals surface area (Å²) in [5.74, 6) is 0.0879. The number of piperidine rings is 1. The quantitative estimate of drug-likeness (QED) is 0.760. The van der Waals surface area contributed by atoms with Crippen LogP contribution >= 0.6 is 0 Å². The first-order valence-corrected chi connectivity index (χ1v) is 7.51. The van der Waals surface area contributed by atoms with E-state index in [0.717, 1.165) is 58.6 Å². The molecule has 1 N–H and O–H groups in total. The number of carbonyl (C=O) groups is 1. The number of carbonyl (C=O) groups excluding carboxylic acids is 1. The lowest BCUT2D eigenvalue weighted by atomic mass is 9.96. The Hall–Kier alpha value is -0.650. The highest BCUT2D eigenvalue weighted by Crippen LogP contribution is 2.19. The fourth-order valence-electron chi connectivity index (χ4n) is 2.81. The summed E-state index contributed by atoms with van der Waals surface area (Å²) in [6, 6.07) is 0. The third kappa shape index (κ3) is 4.75. The van der Waals surface area contributed by atoms with Crippen LogP contribution in [-0.4, -0.2) is 62.9 Å². The van der Waals surface area contributed by atoms with Crippen molar-refractivity contribution >= 4 is 5.97 Å². The Morgan fingerprint density at radius 3 is 2.84 bits per heavy atom. The smallest absolute Gasteiger partial charge is 0.309 e. The first kappa shape index (κ1) is 14.8. The van der Waals surface area contributed by atoms with Crippen LogP contribution in [0, 0.1) is 5.92 Å². The number of nitrogens with one attached hydrogen (secondary N) is 1. The van der Waals surface area contributed by atoms with Gasteiger partial charge in [-0.3, -0.25) is 4.79 Å². The van der Waals surface area contributed by atoms with Crippen LogP contribution in [-0.2, 0) is 14.3 Å². The molecule has 2 fully saturated rings. The van der Waals surface area contributed by atoms with Crippen LogP contribution in [0.15, 0.2) is 0 Å². The number of ether oxygens (including phenoxy) is 2. The van der Waals surface area contributed by atoms with Gasteiger partial charge in [-0.15, -0.1) is 0 Å². The summed E-state index contributed by atoms with van der Waals surface area (Å²) in [7, 11) is 0. The molecule has 0 aromatic rings. The van der Waals surface area contributed by atoms with Gasteiger partial charge in [-0.2, -0.15) is 0 Å². The number of likely N-dealkylation sites (tertiary alicyclic amines) is 1. The largest absolute Gasteiger partial charge is 0.466 e. The molecule has 2 saturated heterocycles. The maximum absolute atomic E-state index is 11.7. The minimum atomic E-state index is -0.0166. The van der Waals surface area contributed by atoms with E-state index in [1.54, 1.807) is 0 Å². The zero-order valence-corrected chi connectivity index (χ0v) is 11.9. The zero-order chi connectivity index (χ0) is 13.5. The van der Waals surface area contributed by atoms with Crippen LogP contribution in [0.3, 0.4) is 0 Å². The van der Waals surface area contributed by atoms with Crippen molar-refractivity contribution in [2.75, 3.05) is 45.9 Å². The molecule has 0 aliphatic carbocycles. The Morgan fingerprint density at radius 2 is 2.11 bits per heavy atom. The summed E-state index contributed by atoms with van der Waals surface area (Å²) in [4.78, 5) is 14.1. The second-order valence-electron chi connectivity index (χ2n) is 5.36. The number of hydrogen-bond acceptors (Lipinski definition) is 5. The molecule has 2 aliphatic rings. The van der Waals surface area contributed by atoms with Crippen molar-refractivity contribution in [3.05, 3.63) is 0 Å². The average molecular weight is 270 g/mol. The Bertz CT molecular complexity index is 270. The van der Waals surface area contributed by atoms with Gasteiger partial charge in [0.2, 0.25) is 0 Å². The normalized spacial score (nSPS) is 26.9. The van der Waals surface area contributed by atoms with Crippen molar-refractivity contribution in [3.63, 3.8) is 0 Å². The van der Waals surface area contributed by atoms with Crippen molar-refractivity contribution in [1.29, 1.82) is 0 Å². The van der Waals surface area contributed by atoms with Crippen molar-refractivity contribution in [3.8, 4) is 0 Å². The molecule has 2 rings (SSSR count). The molecular formula is C14H26N2O3. The van der Waals surface area contributed by atoms with E-state index in [4.69, 9.17) is 9.47 Å².